The summed E-state index contributed by atoms with van der Waals surface area (Å²) in [6.07, 6.45) is 4.88. The first-order valence-corrected chi connectivity index (χ1v) is 4.95. The zero-order chi connectivity index (χ0) is 9.40. The second-order valence-electron chi connectivity index (χ2n) is 2.47. The molecule has 0 aliphatic carbocycles. The van der Waals surface area contributed by atoms with Crippen LogP contribution >= 0.6 is 8.73 Å². The van der Waals surface area contributed by atoms with Crippen LogP contribution < -0.4 is 5.09 Å². The zero-order valence-corrected chi connectivity index (χ0v) is 8.68. The van der Waals surface area contributed by atoms with Gasteiger partial charge in [-0.2, -0.15) is 0 Å². The second kappa shape index (κ2) is 7.20. The third kappa shape index (κ3) is 6.26. The highest BCUT2D eigenvalue weighted by atomic mass is 31.1. The van der Waals surface area contributed by atoms with Crippen molar-refractivity contribution in [2.75, 3.05) is 7.05 Å². The average molecular weight is 185 g/mol. The fourth-order valence-corrected chi connectivity index (χ4v) is 1.42. The van der Waals surface area contributed by atoms with Crippen LogP contribution in [0.3, 0.4) is 0 Å². The molecule has 1 unspecified atom stereocenters. The molecule has 0 aromatic rings. The van der Waals surface area contributed by atoms with E-state index in [0.29, 0.717) is 15.2 Å². The first-order chi connectivity index (χ1) is 5.70. The van der Waals surface area contributed by atoms with Crippen LogP contribution in [0, 0.1) is 0 Å². The standard InChI is InChI=1S/C9H16NOP/c1-4-9(11)7-5-6-8(2)12-10-3/h4,6,10,12H,1,5,7H2,2-3H3/b8-6-. The van der Waals surface area contributed by atoms with Crippen molar-refractivity contribution >= 4 is 14.5 Å². The number of hydrogen-bond acceptors (Lipinski definition) is 2. The number of allylic oxidation sites excluding steroid dienone is 3. The fourth-order valence-electron chi connectivity index (χ4n) is 0.781. The molecule has 0 spiro atoms. The van der Waals surface area contributed by atoms with Gasteiger partial charge in [-0.3, -0.25) is 9.88 Å². The van der Waals surface area contributed by atoms with Gasteiger partial charge in [-0.15, -0.1) is 0 Å². The summed E-state index contributed by atoms with van der Waals surface area (Å²) >= 11 is 0. The van der Waals surface area contributed by atoms with Crippen LogP contribution in [-0.4, -0.2) is 12.8 Å². The predicted molar refractivity (Wildman–Crippen MR) is 55.6 cm³/mol. The summed E-state index contributed by atoms with van der Waals surface area (Å²) in [7, 11) is 2.59. The SMILES string of the molecule is C=CC(=O)CC/C=C(/C)PNC. The number of carbonyl (C=O) groups excluding carboxylic acids is 1. The lowest BCUT2D eigenvalue weighted by atomic mass is 10.2. The van der Waals surface area contributed by atoms with Crippen molar-refractivity contribution in [2.45, 2.75) is 19.8 Å². The summed E-state index contributed by atoms with van der Waals surface area (Å²) in [4.78, 5) is 10.8. The first-order valence-electron chi connectivity index (χ1n) is 3.95. The molecular formula is C9H16NOP. The van der Waals surface area contributed by atoms with Gasteiger partial charge < -0.3 is 0 Å². The Kier molecular flexibility index (Phi) is 6.93. The van der Waals surface area contributed by atoms with Gasteiger partial charge in [0, 0.05) is 6.42 Å². The monoisotopic (exact) mass is 185 g/mol. The van der Waals surface area contributed by atoms with Crippen LogP contribution in [0.4, 0.5) is 0 Å². The van der Waals surface area contributed by atoms with Gasteiger partial charge >= 0.3 is 0 Å². The van der Waals surface area contributed by atoms with Crippen LogP contribution in [0.5, 0.6) is 0 Å². The Bertz CT molecular complexity index is 187. The van der Waals surface area contributed by atoms with E-state index in [1.807, 2.05) is 7.05 Å². The Labute approximate surface area is 76.0 Å². The van der Waals surface area contributed by atoms with Crippen molar-refractivity contribution in [3.8, 4) is 0 Å². The molecule has 0 aromatic carbocycles. The van der Waals surface area contributed by atoms with Gasteiger partial charge in [0.25, 0.3) is 0 Å². The molecule has 0 aliphatic heterocycles. The lowest BCUT2D eigenvalue weighted by Crippen LogP contribution is -1.90. The molecular weight excluding hydrogens is 169 g/mol. The van der Waals surface area contributed by atoms with E-state index in [4.69, 9.17) is 0 Å². The molecule has 3 heteroatoms. The summed E-state index contributed by atoms with van der Waals surface area (Å²) in [6.45, 7) is 5.48. The Morgan fingerprint density at radius 2 is 2.33 bits per heavy atom. The number of ketones is 1. The lowest BCUT2D eigenvalue weighted by molar-refractivity contribution is -0.114. The maximum absolute atomic E-state index is 10.8. The van der Waals surface area contributed by atoms with Gasteiger partial charge in [0.05, 0.1) is 0 Å². The van der Waals surface area contributed by atoms with Crippen molar-refractivity contribution < 1.29 is 4.79 Å². The quantitative estimate of drug-likeness (QED) is 0.508. The molecule has 0 heterocycles. The normalized spacial score (nSPS) is 12.3. The lowest BCUT2D eigenvalue weighted by Gasteiger charge is -1.98. The van der Waals surface area contributed by atoms with E-state index in [2.05, 4.69) is 24.7 Å². The Hall–Kier alpha value is -0.460. The van der Waals surface area contributed by atoms with Gasteiger partial charge in [0.2, 0.25) is 0 Å². The highest BCUT2D eigenvalue weighted by molar-refractivity contribution is 7.40. The van der Waals surface area contributed by atoms with E-state index in [1.54, 1.807) is 0 Å². The topological polar surface area (TPSA) is 29.1 Å². The van der Waals surface area contributed by atoms with Crippen molar-refractivity contribution in [1.82, 2.24) is 5.09 Å². The molecule has 1 atom stereocenters. The molecule has 0 aliphatic rings. The minimum Gasteiger partial charge on any atom is -0.298 e. The Balaban J connectivity index is 3.58. The molecule has 0 saturated carbocycles. The molecule has 2 nitrogen and oxygen atoms in total. The van der Waals surface area contributed by atoms with Crippen molar-refractivity contribution in [3.63, 3.8) is 0 Å². The molecule has 68 valence electrons. The van der Waals surface area contributed by atoms with Gasteiger partial charge in [0.15, 0.2) is 5.78 Å². The third-order valence-corrected chi connectivity index (χ3v) is 2.24. The summed E-state index contributed by atoms with van der Waals surface area (Å²) in [5.74, 6) is 0.117. The fraction of sp³-hybridized carbons (Fsp3) is 0.444. The number of hydrogen-bond donors (Lipinski definition) is 1. The highest BCUT2D eigenvalue weighted by Crippen LogP contribution is 2.17. The smallest absolute Gasteiger partial charge is 0.155 e. The van der Waals surface area contributed by atoms with E-state index in [-0.39, 0.29) is 5.78 Å². The minimum atomic E-state index is 0.117. The largest absolute Gasteiger partial charge is 0.298 e. The first kappa shape index (κ1) is 11.5. The predicted octanol–water partition coefficient (Wildman–Crippen LogP) is 2.24. The average Bonchev–Trinajstić information content (AvgIpc) is 2.04. The van der Waals surface area contributed by atoms with Gasteiger partial charge in [-0.05, 0) is 40.5 Å². The van der Waals surface area contributed by atoms with Gasteiger partial charge in [-0.1, -0.05) is 12.7 Å². The molecule has 0 aromatic heterocycles. The molecule has 12 heavy (non-hydrogen) atoms. The van der Waals surface area contributed by atoms with Crippen LogP contribution in [-0.2, 0) is 4.79 Å². The maximum atomic E-state index is 10.8. The third-order valence-electron chi connectivity index (χ3n) is 1.39. The molecule has 0 bridgehead atoms. The van der Waals surface area contributed by atoms with E-state index in [1.165, 1.54) is 11.4 Å². The molecule has 0 rings (SSSR count). The number of rotatable bonds is 6. The van der Waals surface area contributed by atoms with Crippen LogP contribution in [0.15, 0.2) is 24.0 Å². The molecule has 0 saturated heterocycles. The van der Waals surface area contributed by atoms with E-state index in [9.17, 15) is 4.79 Å². The van der Waals surface area contributed by atoms with Crippen molar-refractivity contribution in [3.05, 3.63) is 24.0 Å². The molecule has 1 N–H and O–H groups in total. The van der Waals surface area contributed by atoms with E-state index < -0.39 is 0 Å². The highest BCUT2D eigenvalue weighted by Gasteiger charge is 1.93. The van der Waals surface area contributed by atoms with Crippen LogP contribution in [0.25, 0.3) is 0 Å². The number of nitrogens with one attached hydrogen (secondary N) is 1. The van der Waals surface area contributed by atoms with Crippen LogP contribution in [0.1, 0.15) is 19.8 Å². The maximum Gasteiger partial charge on any atom is 0.155 e. The van der Waals surface area contributed by atoms with E-state index >= 15 is 0 Å². The summed E-state index contributed by atoms with van der Waals surface area (Å²) < 4.78 is 0. The number of carbonyl (C=O) groups is 1. The minimum absolute atomic E-state index is 0.117. The van der Waals surface area contributed by atoms with Gasteiger partial charge in [0.1, 0.15) is 0 Å². The van der Waals surface area contributed by atoms with Gasteiger partial charge in [-0.25, -0.2) is 0 Å². The van der Waals surface area contributed by atoms with Crippen molar-refractivity contribution in [1.29, 1.82) is 0 Å². The summed E-state index contributed by atoms with van der Waals surface area (Å²) in [6, 6.07) is 0. The van der Waals surface area contributed by atoms with Crippen LogP contribution in [0.2, 0.25) is 0 Å². The van der Waals surface area contributed by atoms with E-state index in [0.717, 1.165) is 6.42 Å². The molecule has 0 amide bonds. The molecule has 0 radical (unpaired) electrons. The second-order valence-corrected chi connectivity index (χ2v) is 4.01. The Morgan fingerprint density at radius 3 is 2.83 bits per heavy atom. The summed E-state index contributed by atoms with van der Waals surface area (Å²) in [5, 5.41) is 4.37. The molecule has 0 fully saturated rings. The van der Waals surface area contributed by atoms with Crippen molar-refractivity contribution in [2.24, 2.45) is 0 Å². The zero-order valence-electron chi connectivity index (χ0n) is 7.68. The Morgan fingerprint density at radius 1 is 1.67 bits per heavy atom. The summed E-state index contributed by atoms with van der Waals surface area (Å²) in [5.41, 5.74) is 0.